The van der Waals surface area contributed by atoms with Crippen LogP contribution in [0.1, 0.15) is 37.0 Å². The summed E-state index contributed by atoms with van der Waals surface area (Å²) in [4.78, 5) is 25.6. The van der Waals surface area contributed by atoms with Gasteiger partial charge in [-0.3, -0.25) is 9.59 Å². The number of carbonyl (C=O) groups excluding carboxylic acids is 2. The Kier molecular flexibility index (Phi) is 9.11. The molecule has 5 nitrogen and oxygen atoms in total. The van der Waals surface area contributed by atoms with Crippen LogP contribution in [-0.2, 0) is 14.3 Å². The first-order chi connectivity index (χ1) is 11.3. The van der Waals surface area contributed by atoms with Gasteiger partial charge in [0.2, 0.25) is 0 Å². The summed E-state index contributed by atoms with van der Waals surface area (Å²) in [7, 11) is 1.32. The van der Waals surface area contributed by atoms with Crippen LogP contribution in [0.15, 0.2) is 18.2 Å². The summed E-state index contributed by atoms with van der Waals surface area (Å²) < 4.78 is 10.1. The number of rotatable bonds is 9. The number of hydrogen-bond acceptors (Lipinski definition) is 4. The van der Waals surface area contributed by atoms with Crippen molar-refractivity contribution in [3.63, 3.8) is 0 Å². The van der Waals surface area contributed by atoms with Gasteiger partial charge in [0.1, 0.15) is 0 Å². The lowest BCUT2D eigenvalue weighted by atomic mass is 10.2. The first kappa shape index (κ1) is 20.7. The normalized spacial score (nSPS) is 10.8. The van der Waals surface area contributed by atoms with E-state index in [2.05, 4.69) is 4.74 Å². The molecule has 7 heteroatoms. The standard InChI is InChI=1S/C17H23Cl2NO4/c1-12(2)24-10-4-8-20(9-7-16(21)23-3)17(22)13-5-6-14(18)15(19)11-13/h5-6,11-12H,4,7-10H2,1-3H3. The largest absolute Gasteiger partial charge is 0.469 e. The molecule has 0 heterocycles. The van der Waals surface area contributed by atoms with Gasteiger partial charge in [-0.2, -0.15) is 0 Å². The third-order valence-corrected chi connectivity index (χ3v) is 4.03. The molecule has 0 saturated heterocycles. The molecular formula is C17H23Cl2NO4. The molecule has 1 amide bonds. The predicted octanol–water partition coefficient (Wildman–Crippen LogP) is 3.81. The van der Waals surface area contributed by atoms with Crippen molar-refractivity contribution >= 4 is 35.1 Å². The van der Waals surface area contributed by atoms with Gasteiger partial charge in [0, 0.05) is 25.3 Å². The maximum atomic E-state index is 12.7. The molecule has 1 rings (SSSR count). The molecular weight excluding hydrogens is 353 g/mol. The third kappa shape index (κ3) is 7.07. The van der Waals surface area contributed by atoms with Crippen LogP contribution in [0.25, 0.3) is 0 Å². The molecule has 0 fully saturated rings. The van der Waals surface area contributed by atoms with Crippen molar-refractivity contribution in [3.05, 3.63) is 33.8 Å². The summed E-state index contributed by atoms with van der Waals surface area (Å²) in [5, 5.41) is 0.707. The van der Waals surface area contributed by atoms with Crippen LogP contribution in [0.5, 0.6) is 0 Å². The average molecular weight is 376 g/mol. The number of benzene rings is 1. The second-order valence-corrected chi connectivity index (χ2v) is 6.33. The van der Waals surface area contributed by atoms with Gasteiger partial charge >= 0.3 is 5.97 Å². The highest BCUT2D eigenvalue weighted by Gasteiger charge is 2.18. The molecule has 0 aliphatic heterocycles. The highest BCUT2D eigenvalue weighted by Crippen LogP contribution is 2.23. The Morgan fingerprint density at radius 1 is 1.17 bits per heavy atom. The van der Waals surface area contributed by atoms with Crippen LogP contribution in [0, 0.1) is 0 Å². The number of esters is 1. The molecule has 0 saturated carbocycles. The van der Waals surface area contributed by atoms with Crippen molar-refractivity contribution in [2.45, 2.75) is 32.8 Å². The zero-order chi connectivity index (χ0) is 18.1. The van der Waals surface area contributed by atoms with Crippen molar-refractivity contribution in [1.82, 2.24) is 4.90 Å². The smallest absolute Gasteiger partial charge is 0.307 e. The van der Waals surface area contributed by atoms with Gasteiger partial charge in [0.25, 0.3) is 5.91 Å². The molecule has 0 spiro atoms. The fraction of sp³-hybridized carbons (Fsp3) is 0.529. The number of amides is 1. The molecule has 1 aromatic rings. The number of hydrogen-bond donors (Lipinski definition) is 0. The van der Waals surface area contributed by atoms with E-state index in [1.54, 1.807) is 17.0 Å². The van der Waals surface area contributed by atoms with Crippen molar-refractivity contribution in [2.24, 2.45) is 0 Å². The maximum Gasteiger partial charge on any atom is 0.307 e. The zero-order valence-corrected chi connectivity index (χ0v) is 15.7. The lowest BCUT2D eigenvalue weighted by molar-refractivity contribution is -0.140. The van der Waals surface area contributed by atoms with Gasteiger partial charge in [0.05, 0.1) is 29.7 Å². The van der Waals surface area contributed by atoms with Gasteiger partial charge in [-0.05, 0) is 38.5 Å². The second kappa shape index (κ2) is 10.5. The summed E-state index contributed by atoms with van der Waals surface area (Å²) in [6.07, 6.45) is 0.945. The molecule has 134 valence electrons. The summed E-state index contributed by atoms with van der Waals surface area (Å²) in [6, 6.07) is 4.73. The topological polar surface area (TPSA) is 55.8 Å². The van der Waals surface area contributed by atoms with E-state index in [4.69, 9.17) is 27.9 Å². The van der Waals surface area contributed by atoms with E-state index in [1.165, 1.54) is 13.2 Å². The van der Waals surface area contributed by atoms with Crippen LogP contribution in [0.2, 0.25) is 10.0 Å². The molecule has 0 bridgehead atoms. The van der Waals surface area contributed by atoms with Crippen molar-refractivity contribution in [1.29, 1.82) is 0 Å². The molecule has 0 N–H and O–H groups in total. The van der Waals surface area contributed by atoms with E-state index in [1.807, 2.05) is 13.8 Å². The number of nitrogens with zero attached hydrogens (tertiary/aromatic N) is 1. The molecule has 1 aromatic carbocycles. The Bertz CT molecular complexity index is 564. The van der Waals surface area contributed by atoms with E-state index in [-0.39, 0.29) is 30.9 Å². The van der Waals surface area contributed by atoms with Crippen molar-refractivity contribution < 1.29 is 19.1 Å². The van der Waals surface area contributed by atoms with Gasteiger partial charge in [0.15, 0.2) is 0 Å². The minimum absolute atomic E-state index is 0.134. The van der Waals surface area contributed by atoms with Gasteiger partial charge in [-0.25, -0.2) is 0 Å². The zero-order valence-electron chi connectivity index (χ0n) is 14.2. The van der Waals surface area contributed by atoms with E-state index in [9.17, 15) is 9.59 Å². The minimum Gasteiger partial charge on any atom is -0.469 e. The predicted molar refractivity (Wildman–Crippen MR) is 94.7 cm³/mol. The Morgan fingerprint density at radius 2 is 1.88 bits per heavy atom. The number of halogens is 2. The quantitative estimate of drug-likeness (QED) is 0.486. The van der Waals surface area contributed by atoms with Crippen LogP contribution in [0.3, 0.4) is 0 Å². The van der Waals surface area contributed by atoms with Crippen LogP contribution in [0.4, 0.5) is 0 Å². The Balaban J connectivity index is 2.75. The van der Waals surface area contributed by atoms with E-state index in [0.717, 1.165) is 0 Å². The Labute approximate surface area is 152 Å². The van der Waals surface area contributed by atoms with Crippen molar-refractivity contribution in [2.75, 3.05) is 26.8 Å². The fourth-order valence-corrected chi connectivity index (χ4v) is 2.33. The van der Waals surface area contributed by atoms with Crippen LogP contribution in [-0.4, -0.2) is 49.7 Å². The van der Waals surface area contributed by atoms with Gasteiger partial charge in [-0.1, -0.05) is 23.2 Å². The average Bonchev–Trinajstić information content (AvgIpc) is 2.55. The first-order valence-electron chi connectivity index (χ1n) is 7.78. The number of ether oxygens (including phenoxy) is 2. The minimum atomic E-state index is -0.361. The second-order valence-electron chi connectivity index (χ2n) is 5.52. The summed E-state index contributed by atoms with van der Waals surface area (Å²) in [5.41, 5.74) is 0.430. The summed E-state index contributed by atoms with van der Waals surface area (Å²) in [6.45, 7) is 5.20. The van der Waals surface area contributed by atoms with E-state index >= 15 is 0 Å². The SMILES string of the molecule is COC(=O)CCN(CCCOC(C)C)C(=O)c1ccc(Cl)c(Cl)c1. The molecule has 0 aliphatic carbocycles. The molecule has 0 aromatic heterocycles. The highest BCUT2D eigenvalue weighted by atomic mass is 35.5. The fourth-order valence-electron chi connectivity index (χ4n) is 2.03. The Morgan fingerprint density at radius 3 is 2.46 bits per heavy atom. The lowest BCUT2D eigenvalue weighted by Gasteiger charge is -2.23. The molecule has 0 unspecified atom stereocenters. The number of carbonyl (C=O) groups is 2. The monoisotopic (exact) mass is 375 g/mol. The molecule has 0 radical (unpaired) electrons. The summed E-state index contributed by atoms with van der Waals surface area (Å²) in [5.74, 6) is -0.567. The third-order valence-electron chi connectivity index (χ3n) is 3.29. The molecule has 0 atom stereocenters. The maximum absolute atomic E-state index is 12.7. The van der Waals surface area contributed by atoms with Gasteiger partial charge in [-0.15, -0.1) is 0 Å². The molecule has 24 heavy (non-hydrogen) atoms. The van der Waals surface area contributed by atoms with Crippen LogP contribution >= 0.6 is 23.2 Å². The van der Waals surface area contributed by atoms with Crippen LogP contribution < -0.4 is 0 Å². The molecule has 0 aliphatic rings. The van der Waals surface area contributed by atoms with Gasteiger partial charge < -0.3 is 14.4 Å². The first-order valence-corrected chi connectivity index (χ1v) is 8.53. The van der Waals surface area contributed by atoms with E-state index < -0.39 is 0 Å². The van der Waals surface area contributed by atoms with Crippen molar-refractivity contribution in [3.8, 4) is 0 Å². The Hall–Kier alpha value is -1.30. The van der Waals surface area contributed by atoms with E-state index in [0.29, 0.717) is 35.2 Å². The highest BCUT2D eigenvalue weighted by molar-refractivity contribution is 6.42. The lowest BCUT2D eigenvalue weighted by Crippen LogP contribution is -2.34. The summed E-state index contributed by atoms with van der Waals surface area (Å²) >= 11 is 11.9. The number of methoxy groups -OCH3 is 1.